The molecule has 0 fully saturated rings. The van der Waals surface area contributed by atoms with Crippen molar-refractivity contribution in [3.63, 3.8) is 0 Å². The third-order valence-corrected chi connectivity index (χ3v) is 5.63. The highest BCUT2D eigenvalue weighted by atomic mass is 32.2. The standard InChI is InChI=1S/C21H26N2O6S/c1-27-13-12-23-30(25,26)19-8-4-16(5-9-19)15-22-21(24)11-6-17-14-18(28-2)7-10-20(17)29-3/h4-11,14,23H,12-13,15H2,1-3H3,(H,22,24)/b11-6+. The lowest BCUT2D eigenvalue weighted by atomic mass is 10.1. The molecule has 2 rings (SSSR count). The zero-order valence-corrected chi connectivity index (χ0v) is 18.0. The fraction of sp³-hybridized carbons (Fsp3) is 0.286. The topological polar surface area (TPSA) is 103 Å². The van der Waals surface area contributed by atoms with E-state index in [1.54, 1.807) is 50.6 Å². The minimum absolute atomic E-state index is 0.152. The third kappa shape index (κ3) is 6.87. The van der Waals surface area contributed by atoms with Crippen LogP contribution in [0.3, 0.4) is 0 Å². The molecule has 162 valence electrons. The molecule has 8 nitrogen and oxygen atoms in total. The number of nitrogens with one attached hydrogen (secondary N) is 2. The van der Waals surface area contributed by atoms with Crippen molar-refractivity contribution in [2.75, 3.05) is 34.5 Å². The van der Waals surface area contributed by atoms with Crippen molar-refractivity contribution in [3.05, 3.63) is 59.7 Å². The van der Waals surface area contributed by atoms with E-state index in [0.717, 1.165) is 5.56 Å². The summed E-state index contributed by atoms with van der Waals surface area (Å²) in [6, 6.07) is 11.6. The summed E-state index contributed by atoms with van der Waals surface area (Å²) in [6.45, 7) is 0.745. The summed E-state index contributed by atoms with van der Waals surface area (Å²) in [7, 11) is 1.03. The van der Waals surface area contributed by atoms with E-state index in [1.165, 1.54) is 25.3 Å². The summed E-state index contributed by atoms with van der Waals surface area (Å²) in [4.78, 5) is 12.3. The molecule has 0 heterocycles. The zero-order chi connectivity index (χ0) is 22.0. The molecule has 9 heteroatoms. The molecule has 30 heavy (non-hydrogen) atoms. The normalized spacial score (nSPS) is 11.4. The fourth-order valence-corrected chi connectivity index (χ4v) is 3.54. The first-order valence-electron chi connectivity index (χ1n) is 9.15. The van der Waals surface area contributed by atoms with Crippen LogP contribution < -0.4 is 19.5 Å². The van der Waals surface area contributed by atoms with Crippen molar-refractivity contribution in [2.45, 2.75) is 11.4 Å². The smallest absolute Gasteiger partial charge is 0.244 e. The highest BCUT2D eigenvalue weighted by Crippen LogP contribution is 2.25. The Labute approximate surface area is 176 Å². The van der Waals surface area contributed by atoms with Crippen LogP contribution in [-0.4, -0.2) is 48.8 Å². The van der Waals surface area contributed by atoms with Crippen LogP contribution in [-0.2, 0) is 26.1 Å². The summed E-state index contributed by atoms with van der Waals surface area (Å²) in [5.41, 5.74) is 1.48. The number of benzene rings is 2. The van der Waals surface area contributed by atoms with Crippen molar-refractivity contribution >= 4 is 22.0 Å². The first kappa shape index (κ1) is 23.4. The van der Waals surface area contributed by atoms with E-state index in [0.29, 0.717) is 23.7 Å². The second-order valence-electron chi connectivity index (χ2n) is 6.19. The Kier molecular flexibility index (Phi) is 8.85. The van der Waals surface area contributed by atoms with Crippen molar-refractivity contribution < 1.29 is 27.4 Å². The maximum atomic E-state index is 12.1. The maximum Gasteiger partial charge on any atom is 0.244 e. The van der Waals surface area contributed by atoms with Crippen LogP contribution in [0, 0.1) is 0 Å². The molecule has 0 aliphatic carbocycles. The maximum absolute atomic E-state index is 12.1. The van der Waals surface area contributed by atoms with Crippen LogP contribution in [0.4, 0.5) is 0 Å². The molecule has 0 saturated heterocycles. The van der Waals surface area contributed by atoms with E-state index in [4.69, 9.17) is 14.2 Å². The molecule has 0 aliphatic rings. The quantitative estimate of drug-likeness (QED) is 0.414. The lowest BCUT2D eigenvalue weighted by molar-refractivity contribution is -0.116. The van der Waals surface area contributed by atoms with Crippen molar-refractivity contribution in [1.29, 1.82) is 0 Å². The van der Waals surface area contributed by atoms with Gasteiger partial charge < -0.3 is 19.5 Å². The van der Waals surface area contributed by atoms with Crippen LogP contribution in [0.25, 0.3) is 6.08 Å². The Morgan fingerprint density at radius 3 is 2.40 bits per heavy atom. The molecule has 0 saturated carbocycles. The van der Waals surface area contributed by atoms with Crippen molar-refractivity contribution in [1.82, 2.24) is 10.0 Å². The Balaban J connectivity index is 1.94. The molecule has 1 amide bonds. The molecule has 0 bridgehead atoms. The molecular formula is C21H26N2O6S. The average molecular weight is 435 g/mol. The minimum Gasteiger partial charge on any atom is -0.497 e. The molecule has 2 N–H and O–H groups in total. The third-order valence-electron chi connectivity index (χ3n) is 4.15. The van der Waals surface area contributed by atoms with Crippen molar-refractivity contribution in [2.24, 2.45) is 0 Å². The predicted octanol–water partition coefficient (Wildman–Crippen LogP) is 1.96. The van der Waals surface area contributed by atoms with Gasteiger partial charge in [-0.2, -0.15) is 0 Å². The molecule has 0 unspecified atom stereocenters. The number of carbonyl (C=O) groups is 1. The van der Waals surface area contributed by atoms with Gasteiger partial charge in [0.25, 0.3) is 0 Å². The second-order valence-corrected chi connectivity index (χ2v) is 7.96. The number of amides is 1. The summed E-state index contributed by atoms with van der Waals surface area (Å²) < 4.78 is 42.0. The van der Waals surface area contributed by atoms with Crippen LogP contribution in [0.15, 0.2) is 53.4 Å². The summed E-state index contributed by atoms with van der Waals surface area (Å²) in [6.07, 6.45) is 3.04. The molecule has 2 aromatic carbocycles. The average Bonchev–Trinajstić information content (AvgIpc) is 2.76. The number of sulfonamides is 1. The van der Waals surface area contributed by atoms with Gasteiger partial charge in [-0.1, -0.05) is 12.1 Å². The first-order valence-corrected chi connectivity index (χ1v) is 10.6. The van der Waals surface area contributed by atoms with Gasteiger partial charge in [-0.25, -0.2) is 13.1 Å². The largest absolute Gasteiger partial charge is 0.497 e. The summed E-state index contributed by atoms with van der Waals surface area (Å²) >= 11 is 0. The highest BCUT2D eigenvalue weighted by Gasteiger charge is 2.13. The lowest BCUT2D eigenvalue weighted by Crippen LogP contribution is -2.27. The lowest BCUT2D eigenvalue weighted by Gasteiger charge is -2.08. The number of rotatable bonds is 11. The van der Waals surface area contributed by atoms with Crippen LogP contribution in [0.5, 0.6) is 11.5 Å². The first-order chi connectivity index (χ1) is 14.4. The van der Waals surface area contributed by atoms with Gasteiger partial charge in [-0.05, 0) is 42.0 Å². The Hall–Kier alpha value is -2.88. The fourth-order valence-electron chi connectivity index (χ4n) is 2.53. The Morgan fingerprint density at radius 1 is 1.03 bits per heavy atom. The van der Waals surface area contributed by atoms with Gasteiger partial charge in [0, 0.05) is 31.8 Å². The SMILES string of the molecule is COCCNS(=O)(=O)c1ccc(CNC(=O)/C=C/c2cc(OC)ccc2OC)cc1. The highest BCUT2D eigenvalue weighted by molar-refractivity contribution is 7.89. The van der Waals surface area contributed by atoms with Gasteiger partial charge in [-0.3, -0.25) is 4.79 Å². The molecule has 0 spiro atoms. The molecule has 2 aromatic rings. The van der Waals surface area contributed by atoms with Gasteiger partial charge in [0.15, 0.2) is 0 Å². The summed E-state index contributed by atoms with van der Waals surface area (Å²) in [5.74, 6) is 0.983. The van der Waals surface area contributed by atoms with Gasteiger partial charge >= 0.3 is 0 Å². The second kappa shape index (κ2) is 11.3. The number of hydrogen-bond donors (Lipinski definition) is 2. The van der Waals surface area contributed by atoms with Crippen LogP contribution >= 0.6 is 0 Å². The predicted molar refractivity (Wildman–Crippen MR) is 114 cm³/mol. The van der Waals surface area contributed by atoms with Crippen LogP contribution in [0.2, 0.25) is 0 Å². The van der Waals surface area contributed by atoms with E-state index < -0.39 is 10.0 Å². The minimum atomic E-state index is -3.58. The number of carbonyl (C=O) groups excluding carboxylic acids is 1. The van der Waals surface area contributed by atoms with Gasteiger partial charge in [0.05, 0.1) is 25.7 Å². The Morgan fingerprint density at radius 2 is 1.77 bits per heavy atom. The molecular weight excluding hydrogens is 408 g/mol. The zero-order valence-electron chi connectivity index (χ0n) is 17.2. The molecule has 0 radical (unpaired) electrons. The van der Waals surface area contributed by atoms with E-state index in [9.17, 15) is 13.2 Å². The van der Waals surface area contributed by atoms with E-state index in [-0.39, 0.29) is 23.9 Å². The van der Waals surface area contributed by atoms with Crippen LogP contribution in [0.1, 0.15) is 11.1 Å². The Bertz CT molecular complexity index is 971. The van der Waals surface area contributed by atoms with E-state index in [2.05, 4.69) is 10.0 Å². The molecule has 0 aliphatic heterocycles. The summed E-state index contributed by atoms with van der Waals surface area (Å²) in [5, 5.41) is 2.76. The number of methoxy groups -OCH3 is 3. The van der Waals surface area contributed by atoms with E-state index in [1.807, 2.05) is 0 Å². The van der Waals surface area contributed by atoms with E-state index >= 15 is 0 Å². The van der Waals surface area contributed by atoms with Crippen molar-refractivity contribution in [3.8, 4) is 11.5 Å². The molecule has 0 atom stereocenters. The van der Waals surface area contributed by atoms with Gasteiger partial charge in [0.1, 0.15) is 11.5 Å². The van der Waals surface area contributed by atoms with Gasteiger partial charge in [0.2, 0.25) is 15.9 Å². The van der Waals surface area contributed by atoms with Gasteiger partial charge in [-0.15, -0.1) is 0 Å². The molecule has 0 aromatic heterocycles. The number of hydrogen-bond acceptors (Lipinski definition) is 6. The monoisotopic (exact) mass is 434 g/mol. The number of ether oxygens (including phenoxy) is 3.